The quantitative estimate of drug-likeness (QED) is 0.655. The average Bonchev–Trinajstić information content (AvgIpc) is 2.77. The first-order chi connectivity index (χ1) is 7.63. The number of thiophene rings is 1. The van der Waals surface area contributed by atoms with Crippen molar-refractivity contribution in [2.24, 2.45) is 5.84 Å². The monoisotopic (exact) mass is 256 g/mol. The van der Waals surface area contributed by atoms with E-state index in [1.165, 1.54) is 0 Å². The van der Waals surface area contributed by atoms with E-state index in [2.05, 4.69) is 5.43 Å². The van der Waals surface area contributed by atoms with Crippen LogP contribution in [0.15, 0.2) is 21.9 Å². The number of hydrogen-bond donors (Lipinski definition) is 2. The summed E-state index contributed by atoms with van der Waals surface area (Å²) in [5, 5.41) is 2.68. The van der Waals surface area contributed by atoms with Gasteiger partial charge in [0.05, 0.1) is 11.1 Å². The van der Waals surface area contributed by atoms with E-state index in [1.54, 1.807) is 11.3 Å². The lowest BCUT2D eigenvalue weighted by molar-refractivity contribution is 0.495. The van der Waals surface area contributed by atoms with Gasteiger partial charge in [0.1, 0.15) is 11.5 Å². The Morgan fingerprint density at radius 3 is 2.69 bits per heavy atom. The van der Waals surface area contributed by atoms with Crippen LogP contribution in [0.1, 0.15) is 28.0 Å². The fourth-order valence-electron chi connectivity index (χ4n) is 1.76. The normalized spacial score (nSPS) is 13.0. The molecule has 1 atom stereocenters. The van der Waals surface area contributed by atoms with E-state index < -0.39 is 0 Å². The molecule has 3 N–H and O–H groups in total. The predicted octanol–water partition coefficient (Wildman–Crippen LogP) is 3.16. The van der Waals surface area contributed by atoms with Gasteiger partial charge < -0.3 is 4.42 Å². The van der Waals surface area contributed by atoms with Crippen molar-refractivity contribution < 1.29 is 4.42 Å². The summed E-state index contributed by atoms with van der Waals surface area (Å²) in [6.07, 6.45) is 0. The lowest BCUT2D eigenvalue weighted by atomic mass is 10.1. The van der Waals surface area contributed by atoms with Crippen LogP contribution in [-0.2, 0) is 0 Å². The minimum atomic E-state index is -0.107. The Labute approximate surface area is 103 Å². The fraction of sp³-hybridized carbons (Fsp3) is 0.273. The Kier molecular flexibility index (Phi) is 3.35. The zero-order chi connectivity index (χ0) is 11.7. The second-order valence-corrected chi connectivity index (χ2v) is 4.96. The minimum absolute atomic E-state index is 0.107. The highest BCUT2D eigenvalue weighted by Crippen LogP contribution is 2.34. The standard InChI is InChI=1S/C11H13ClN2OS/c1-6-5-8(7(2)15-6)10(14-13)11-9(12)3-4-16-11/h3-5,10,14H,13H2,1-2H3. The van der Waals surface area contributed by atoms with Crippen molar-refractivity contribution in [2.75, 3.05) is 0 Å². The van der Waals surface area contributed by atoms with Crippen LogP contribution in [0.2, 0.25) is 5.02 Å². The maximum absolute atomic E-state index is 6.11. The highest BCUT2D eigenvalue weighted by atomic mass is 35.5. The molecule has 0 spiro atoms. The third kappa shape index (κ3) is 2.01. The summed E-state index contributed by atoms with van der Waals surface area (Å²) in [5.41, 5.74) is 3.81. The SMILES string of the molecule is Cc1cc(C(NN)c2sccc2Cl)c(C)o1. The Balaban J connectivity index is 2.44. The molecule has 2 rings (SSSR count). The van der Waals surface area contributed by atoms with E-state index in [0.29, 0.717) is 0 Å². The maximum atomic E-state index is 6.11. The topological polar surface area (TPSA) is 51.2 Å². The van der Waals surface area contributed by atoms with Gasteiger partial charge in [0.25, 0.3) is 0 Å². The molecule has 3 nitrogen and oxygen atoms in total. The Morgan fingerprint density at radius 1 is 1.50 bits per heavy atom. The zero-order valence-corrected chi connectivity index (χ0v) is 10.7. The van der Waals surface area contributed by atoms with Gasteiger partial charge in [0.15, 0.2) is 0 Å². The molecule has 2 aromatic heterocycles. The van der Waals surface area contributed by atoms with Crippen LogP contribution in [0.4, 0.5) is 0 Å². The summed E-state index contributed by atoms with van der Waals surface area (Å²) in [4.78, 5) is 1.01. The molecule has 2 heterocycles. The van der Waals surface area contributed by atoms with E-state index in [4.69, 9.17) is 21.9 Å². The van der Waals surface area contributed by atoms with Gasteiger partial charge in [-0.05, 0) is 31.4 Å². The molecule has 86 valence electrons. The number of hydrogen-bond acceptors (Lipinski definition) is 4. The Hall–Kier alpha value is -0.810. The van der Waals surface area contributed by atoms with Crippen LogP contribution in [-0.4, -0.2) is 0 Å². The number of hydrazine groups is 1. The summed E-state index contributed by atoms with van der Waals surface area (Å²) >= 11 is 7.69. The lowest BCUT2D eigenvalue weighted by Crippen LogP contribution is -2.28. The van der Waals surface area contributed by atoms with E-state index in [1.807, 2.05) is 31.4 Å². The number of aryl methyl sites for hydroxylation is 2. The molecular weight excluding hydrogens is 244 g/mol. The van der Waals surface area contributed by atoms with Crippen LogP contribution in [0.5, 0.6) is 0 Å². The van der Waals surface area contributed by atoms with Crippen molar-refractivity contribution in [1.29, 1.82) is 0 Å². The molecule has 1 unspecified atom stereocenters. The largest absolute Gasteiger partial charge is 0.466 e. The van der Waals surface area contributed by atoms with Gasteiger partial charge in [0.2, 0.25) is 0 Å². The smallest absolute Gasteiger partial charge is 0.106 e. The van der Waals surface area contributed by atoms with Crippen molar-refractivity contribution in [3.8, 4) is 0 Å². The molecule has 0 saturated heterocycles. The Morgan fingerprint density at radius 2 is 2.25 bits per heavy atom. The average molecular weight is 257 g/mol. The zero-order valence-electron chi connectivity index (χ0n) is 9.08. The van der Waals surface area contributed by atoms with E-state index in [9.17, 15) is 0 Å². The summed E-state index contributed by atoms with van der Waals surface area (Å²) in [6, 6.07) is 3.74. The van der Waals surface area contributed by atoms with Crippen molar-refractivity contribution in [2.45, 2.75) is 19.9 Å². The third-order valence-electron chi connectivity index (χ3n) is 2.46. The van der Waals surface area contributed by atoms with E-state index in [0.717, 1.165) is 27.0 Å². The second kappa shape index (κ2) is 4.59. The van der Waals surface area contributed by atoms with Crippen molar-refractivity contribution >= 4 is 22.9 Å². The summed E-state index contributed by atoms with van der Waals surface area (Å²) in [6.45, 7) is 3.84. The molecule has 2 aromatic rings. The summed E-state index contributed by atoms with van der Waals surface area (Å²) < 4.78 is 5.50. The third-order valence-corrected chi connectivity index (χ3v) is 3.89. The molecular formula is C11H13ClN2OS. The summed E-state index contributed by atoms with van der Waals surface area (Å²) in [7, 11) is 0. The first-order valence-corrected chi connectivity index (χ1v) is 6.15. The van der Waals surface area contributed by atoms with Gasteiger partial charge in [-0.2, -0.15) is 0 Å². The first kappa shape index (κ1) is 11.7. The molecule has 0 saturated carbocycles. The molecule has 0 bridgehead atoms. The van der Waals surface area contributed by atoms with Crippen LogP contribution >= 0.6 is 22.9 Å². The van der Waals surface area contributed by atoms with E-state index in [-0.39, 0.29) is 6.04 Å². The lowest BCUT2D eigenvalue weighted by Gasteiger charge is -2.13. The summed E-state index contributed by atoms with van der Waals surface area (Å²) in [5.74, 6) is 7.34. The van der Waals surface area contributed by atoms with Crippen molar-refractivity contribution in [1.82, 2.24) is 5.43 Å². The first-order valence-electron chi connectivity index (χ1n) is 4.89. The number of halogens is 1. The van der Waals surface area contributed by atoms with Crippen molar-refractivity contribution in [3.05, 3.63) is 44.5 Å². The second-order valence-electron chi connectivity index (χ2n) is 3.60. The molecule has 16 heavy (non-hydrogen) atoms. The van der Waals surface area contributed by atoms with Gasteiger partial charge in [-0.3, -0.25) is 5.84 Å². The van der Waals surface area contributed by atoms with Crippen LogP contribution in [0.3, 0.4) is 0 Å². The molecule has 0 fully saturated rings. The van der Waals surface area contributed by atoms with E-state index >= 15 is 0 Å². The van der Waals surface area contributed by atoms with Gasteiger partial charge >= 0.3 is 0 Å². The minimum Gasteiger partial charge on any atom is -0.466 e. The highest BCUT2D eigenvalue weighted by molar-refractivity contribution is 7.10. The van der Waals surface area contributed by atoms with Crippen LogP contribution in [0.25, 0.3) is 0 Å². The van der Waals surface area contributed by atoms with Crippen LogP contribution < -0.4 is 11.3 Å². The number of nitrogens with two attached hydrogens (primary N) is 1. The maximum Gasteiger partial charge on any atom is 0.106 e. The van der Waals surface area contributed by atoms with Gasteiger partial charge in [-0.1, -0.05) is 11.6 Å². The number of rotatable bonds is 3. The van der Waals surface area contributed by atoms with Crippen molar-refractivity contribution in [3.63, 3.8) is 0 Å². The fourth-order valence-corrected chi connectivity index (χ4v) is 3.00. The molecule has 0 aromatic carbocycles. The number of furan rings is 1. The number of nitrogens with one attached hydrogen (secondary N) is 1. The van der Waals surface area contributed by atoms with Gasteiger partial charge in [-0.15, -0.1) is 11.3 Å². The van der Waals surface area contributed by atoms with Gasteiger partial charge in [0, 0.05) is 10.4 Å². The predicted molar refractivity (Wildman–Crippen MR) is 66.7 cm³/mol. The molecule has 0 aliphatic carbocycles. The molecule has 0 aliphatic rings. The highest BCUT2D eigenvalue weighted by Gasteiger charge is 2.21. The molecule has 5 heteroatoms. The van der Waals surface area contributed by atoms with Crippen LogP contribution in [0, 0.1) is 13.8 Å². The molecule has 0 amide bonds. The molecule has 0 radical (unpaired) electrons. The molecule has 0 aliphatic heterocycles. The van der Waals surface area contributed by atoms with Gasteiger partial charge in [-0.25, -0.2) is 5.43 Å². The Bertz CT molecular complexity index is 492.